The van der Waals surface area contributed by atoms with Crippen LogP contribution in [0.15, 0.2) is 70.8 Å². The third kappa shape index (κ3) is 13.2. The number of anilines is 2. The van der Waals surface area contributed by atoms with Gasteiger partial charge < -0.3 is 15.2 Å². The maximum atomic E-state index is 10.9. The zero-order chi connectivity index (χ0) is 38.5. The van der Waals surface area contributed by atoms with E-state index in [0.717, 1.165) is 29.4 Å². The predicted octanol–water partition coefficient (Wildman–Crippen LogP) is -5.27. The second kappa shape index (κ2) is 22.7. The second-order valence-corrected chi connectivity index (χ2v) is 14.8. The van der Waals surface area contributed by atoms with Gasteiger partial charge in [-0.2, -0.15) is 0 Å². The van der Waals surface area contributed by atoms with Gasteiger partial charge in [-0.25, -0.2) is 4.98 Å². The van der Waals surface area contributed by atoms with Gasteiger partial charge in [0.05, 0.1) is 35.7 Å². The third-order valence-electron chi connectivity index (χ3n) is 8.93. The summed E-state index contributed by atoms with van der Waals surface area (Å²) in [6.07, 6.45) is -5.56. The Balaban J connectivity index is 0.000000227. The largest absolute Gasteiger partial charge is 0.364 e. The van der Waals surface area contributed by atoms with Crippen molar-refractivity contribution in [3.8, 4) is 0 Å². The summed E-state index contributed by atoms with van der Waals surface area (Å²) in [6.45, 7) is 2.01. The summed E-state index contributed by atoms with van der Waals surface area (Å²) in [6, 6.07) is 16.4. The Morgan fingerprint density at radius 2 is 1.27 bits per heavy atom. The lowest BCUT2D eigenvalue weighted by atomic mass is 8.35. The minimum Gasteiger partial charge on any atom is -0.364 e. The number of aromatic amines is 1. The summed E-state index contributed by atoms with van der Waals surface area (Å²) in [5, 5.41) is 2.80. The van der Waals surface area contributed by atoms with Gasteiger partial charge in [0, 0.05) is 206 Å². The molecule has 213 valence electrons. The lowest BCUT2D eigenvalue weighted by molar-refractivity contribution is -0.113. The molecule has 52 heavy (non-hydrogen) atoms. The number of aromatic nitrogens is 2. The Morgan fingerprint density at radius 3 is 1.79 bits per heavy atom. The average Bonchev–Trinajstić information content (AvgIpc) is 3.60. The predicted molar refractivity (Wildman–Crippen MR) is 256 cm³/mol. The molecule has 5 nitrogen and oxygen atoms in total. The molecule has 2 aliphatic heterocycles. The van der Waals surface area contributed by atoms with Crippen molar-refractivity contribution in [2.24, 2.45) is 0 Å². The van der Waals surface area contributed by atoms with E-state index in [9.17, 15) is 4.79 Å². The van der Waals surface area contributed by atoms with Crippen molar-refractivity contribution in [2.75, 3.05) is 28.3 Å². The Bertz CT molecular complexity index is 1460. The van der Waals surface area contributed by atoms with Crippen LogP contribution in [0.3, 0.4) is 0 Å². The number of H-pyrrole nitrogens is 1. The number of fused-ring (bicyclic) bond motifs is 2. The van der Waals surface area contributed by atoms with E-state index in [1.807, 2.05) is 42.2 Å². The molecule has 2 N–H and O–H groups in total. The van der Waals surface area contributed by atoms with Gasteiger partial charge in [-0.05, 0) is 24.3 Å². The van der Waals surface area contributed by atoms with Crippen LogP contribution in [0, 0.1) is 0 Å². The van der Waals surface area contributed by atoms with E-state index >= 15 is 0 Å². The number of hydrogen-bond acceptors (Lipinski definition) is 5. The minimum absolute atomic E-state index is 0.0914. The van der Waals surface area contributed by atoms with Crippen molar-refractivity contribution < 1.29 is 4.79 Å². The lowest BCUT2D eigenvalue weighted by Crippen LogP contribution is -2.85. The van der Waals surface area contributed by atoms with Crippen LogP contribution in [0.1, 0.15) is 5.69 Å². The van der Waals surface area contributed by atoms with Gasteiger partial charge in [-0.1, -0.05) is 24.3 Å². The van der Waals surface area contributed by atoms with Crippen LogP contribution in [-0.2, 0) is 11.3 Å². The van der Waals surface area contributed by atoms with Crippen molar-refractivity contribution in [2.45, 2.75) is 16.3 Å². The molecule has 0 bridgehead atoms. The number of imidazole rings is 1. The summed E-state index contributed by atoms with van der Waals surface area (Å²) in [5.41, 5.74) is 3.45. The number of carbonyl (C=O) groups excluding carboxylic acids is 1. The molecule has 0 saturated carbocycles. The van der Waals surface area contributed by atoms with Gasteiger partial charge in [0.1, 0.15) is 0 Å². The molecule has 5 rings (SSSR count). The number of nitrogens with zero attached hydrogens (tertiary/aromatic N) is 2. The van der Waals surface area contributed by atoms with Crippen LogP contribution in [0.5, 0.6) is 0 Å². The minimum atomic E-state index is -0.960. The number of amides is 1. The van der Waals surface area contributed by atoms with Crippen LogP contribution in [-0.4, -0.2) is 212 Å². The first kappa shape index (κ1) is 45.6. The number of benzene rings is 2. The fraction of sp³-hybridized carbons (Fsp3) is 0.200. The highest BCUT2D eigenvalue weighted by Gasteiger charge is 2.48. The molecular formula is C20H20B25N4OS2. The highest BCUT2D eigenvalue weighted by Crippen LogP contribution is 2.35. The van der Waals surface area contributed by atoms with Crippen molar-refractivity contribution in [3.63, 3.8) is 0 Å². The van der Waals surface area contributed by atoms with E-state index in [-0.39, 0.29) is 5.91 Å². The number of rotatable bonds is 13. The van der Waals surface area contributed by atoms with E-state index in [1.54, 1.807) is 18.1 Å². The monoisotopic (exact) mass is 671 g/mol. The highest BCUT2D eigenvalue weighted by atomic mass is 32.2. The molecule has 0 unspecified atom stereocenters. The Hall–Kier alpha value is -0.757. The van der Waals surface area contributed by atoms with Crippen LogP contribution in [0.4, 0.5) is 11.4 Å². The van der Waals surface area contributed by atoms with Gasteiger partial charge in [0.25, 0.3) is 0 Å². The van der Waals surface area contributed by atoms with E-state index in [0.29, 0.717) is 5.75 Å². The molecule has 1 amide bonds. The Labute approximate surface area is 342 Å². The summed E-state index contributed by atoms with van der Waals surface area (Å²) in [7, 11) is 77.9. The first-order valence-corrected chi connectivity index (χ1v) is 18.7. The SMILES string of the molecule is O=C1CSc2ccccc2N1.[B][B]B(B([B])[B])B(B([B])[B])B(B(B([B])[B])B([B])[B])B(B([B])[B])B([B])[B].c1ccc2c(c1)SCCN2Cc1cnc[nH]1. The molecule has 0 spiro atoms. The highest BCUT2D eigenvalue weighted by molar-refractivity contribution is 8.24. The molecule has 0 saturated heterocycles. The molecule has 1 aromatic heterocycles. The van der Waals surface area contributed by atoms with E-state index in [1.165, 1.54) is 23.3 Å². The van der Waals surface area contributed by atoms with Crippen molar-refractivity contribution in [1.82, 2.24) is 9.97 Å². The molecular weight excluding hydrogens is 647 g/mol. The zero-order valence-corrected chi connectivity index (χ0v) is 30.8. The second-order valence-electron chi connectivity index (χ2n) is 12.7. The van der Waals surface area contributed by atoms with Gasteiger partial charge in [0.2, 0.25) is 5.91 Å². The van der Waals surface area contributed by atoms with Crippen LogP contribution < -0.4 is 10.2 Å². The van der Waals surface area contributed by atoms with Crippen molar-refractivity contribution >= 4 is 219 Å². The number of nitrogens with one attached hydrogen (secondary N) is 2. The molecule has 3 aromatic rings. The van der Waals surface area contributed by atoms with Gasteiger partial charge in [-0.3, -0.25) is 4.79 Å². The molecule has 0 atom stereocenters. The normalized spacial score (nSPS) is 12.3. The van der Waals surface area contributed by atoms with Gasteiger partial charge in [0.15, 0.2) is 0 Å². The Kier molecular flexibility index (Phi) is 19.9. The fourth-order valence-corrected chi connectivity index (χ4v) is 8.45. The van der Waals surface area contributed by atoms with Crippen LogP contribution in [0.25, 0.3) is 0 Å². The van der Waals surface area contributed by atoms with Gasteiger partial charge >= 0.3 is 0 Å². The van der Waals surface area contributed by atoms with Crippen molar-refractivity contribution in [3.05, 3.63) is 66.7 Å². The molecule has 32 heteroatoms. The lowest BCUT2D eigenvalue weighted by Gasteiger charge is -2.47. The number of carbonyl (C=O) groups is 1. The average molecular weight is 667 g/mol. The summed E-state index contributed by atoms with van der Waals surface area (Å²) < 4.78 is 0. The summed E-state index contributed by atoms with van der Waals surface area (Å²) in [4.78, 5) is 23.0. The van der Waals surface area contributed by atoms with Crippen LogP contribution >= 0.6 is 23.5 Å². The standard InChI is InChI=1S/C12H13N3S.C8H7NOS.B25/c1-2-4-12-11(3-1)15(5-6-16-12)8-10-7-13-9-14-10;10-8-5-11-7-4-2-1-3-6(7)9-8;1-14-21(15(2)3)24(20(12)13)25(22(16(4)5)17(6)7)23(18(8)9)19(10)11/h1-4,7,9H,5-6,8H2,(H,13,14);1-4H,5H2,(H,9,10);. The number of para-hydroxylation sites is 2. The third-order valence-corrected chi connectivity index (χ3v) is 11.0. The molecule has 0 aliphatic carbocycles. The molecule has 3 heterocycles. The maximum absolute atomic E-state index is 10.9. The van der Waals surface area contributed by atoms with Crippen molar-refractivity contribution in [1.29, 1.82) is 0 Å². The zero-order valence-electron chi connectivity index (χ0n) is 29.2. The molecule has 27 radical (unpaired) electrons. The number of hydrogen-bond donors (Lipinski definition) is 2. The molecule has 2 aliphatic rings. The fourth-order valence-electron chi connectivity index (χ4n) is 6.59. The summed E-state index contributed by atoms with van der Waals surface area (Å²) in [5.74, 6) is 1.79. The molecule has 0 fully saturated rings. The smallest absolute Gasteiger partial charge is 0.234 e. The van der Waals surface area contributed by atoms with E-state index in [4.69, 9.17) is 101 Å². The summed E-state index contributed by atoms with van der Waals surface area (Å²) >= 11 is 3.52. The van der Waals surface area contributed by atoms with E-state index < -0.39 is 70.2 Å². The topological polar surface area (TPSA) is 61.0 Å². The van der Waals surface area contributed by atoms with Gasteiger partial charge in [-0.15, -0.1) is 23.5 Å². The Morgan fingerprint density at radius 1 is 0.712 bits per heavy atom. The number of thioether (sulfide) groups is 2. The first-order valence-electron chi connectivity index (χ1n) is 16.8. The first-order chi connectivity index (χ1) is 24.7. The molecule has 2 aromatic carbocycles. The quantitative estimate of drug-likeness (QED) is 0.179. The van der Waals surface area contributed by atoms with E-state index in [2.05, 4.69) is 44.5 Å². The maximum Gasteiger partial charge on any atom is 0.234 e. The van der Waals surface area contributed by atoms with Crippen LogP contribution in [0.2, 0.25) is 0 Å².